The minimum absolute atomic E-state index is 0.000616. The molecule has 1 atom stereocenters. The van der Waals surface area contributed by atoms with E-state index in [1.807, 2.05) is 0 Å². The minimum atomic E-state index is -5.18. The Bertz CT molecular complexity index is 1910. The van der Waals surface area contributed by atoms with E-state index >= 15 is 0 Å². The normalized spacial score (nSPS) is 15.0. The number of hydrogen-bond donors (Lipinski definition) is 2. The van der Waals surface area contributed by atoms with Crippen LogP contribution in [0.4, 0.5) is 36.4 Å². The molecule has 0 aliphatic carbocycles. The maximum Gasteiger partial charge on any atom is 0.416 e. The number of hydrogen-bond acceptors (Lipinski definition) is 5. The van der Waals surface area contributed by atoms with Gasteiger partial charge in [0.05, 0.1) is 24.0 Å². The van der Waals surface area contributed by atoms with Crippen molar-refractivity contribution in [3.63, 3.8) is 0 Å². The minimum Gasteiger partial charge on any atom is -0.341 e. The van der Waals surface area contributed by atoms with Crippen molar-refractivity contribution in [3.05, 3.63) is 105 Å². The Kier molecular flexibility index (Phi) is 7.46. The van der Waals surface area contributed by atoms with Crippen molar-refractivity contribution in [2.75, 3.05) is 5.32 Å². The maximum absolute atomic E-state index is 14.1. The molecule has 5 rings (SSSR count). The molecule has 3 aromatic carbocycles. The van der Waals surface area contributed by atoms with Gasteiger partial charge in [-0.05, 0) is 54.1 Å². The van der Waals surface area contributed by atoms with Crippen LogP contribution in [0.5, 0.6) is 0 Å². The number of fused-ring (bicyclic) bond motifs is 1. The van der Waals surface area contributed by atoms with Gasteiger partial charge in [0, 0.05) is 38.5 Å². The molecule has 0 saturated carbocycles. The average Bonchev–Trinajstić information content (AvgIpc) is 3.55. The average molecular weight is 647 g/mol. The Labute approximate surface area is 242 Å². The number of rotatable bonds is 6. The first kappa shape index (κ1) is 30.0. The number of amides is 2. The van der Waals surface area contributed by atoms with Gasteiger partial charge in [-0.25, -0.2) is 8.78 Å². The van der Waals surface area contributed by atoms with E-state index in [-0.39, 0.29) is 48.7 Å². The number of alkyl halides is 5. The summed E-state index contributed by atoms with van der Waals surface area (Å²) in [6.07, 6.45) is -3.40. The molecule has 4 aromatic rings. The third kappa shape index (κ3) is 5.67. The van der Waals surface area contributed by atoms with Crippen molar-refractivity contribution in [2.45, 2.75) is 18.0 Å². The fourth-order valence-electron chi connectivity index (χ4n) is 4.43. The zero-order valence-corrected chi connectivity index (χ0v) is 22.5. The second kappa shape index (κ2) is 10.7. The van der Waals surface area contributed by atoms with E-state index < -0.39 is 62.6 Å². The predicted octanol–water partition coefficient (Wildman–Crippen LogP) is 5.99. The standard InChI is InChI=1S/C26H14ClF7N4O4S/c27-19-2-1-15(28)8-17(19)22-21-18(24(40)37-22)5-11(13-9-35-38(10-13)43(41,42)25(30)31)6-20(21)36-23(39)12-3-14(26(32,33)34)7-16(29)4-12/h1-10,22,25H,(H,36,39)(H,37,40)/t22-/m0/s1. The third-order valence-corrected chi connectivity index (χ3v) is 7.89. The molecule has 0 saturated heterocycles. The smallest absolute Gasteiger partial charge is 0.341 e. The first-order valence-electron chi connectivity index (χ1n) is 11.8. The van der Waals surface area contributed by atoms with Gasteiger partial charge in [0.25, 0.3) is 11.8 Å². The molecule has 224 valence electrons. The maximum atomic E-state index is 14.1. The van der Waals surface area contributed by atoms with Gasteiger partial charge in [-0.2, -0.15) is 39.6 Å². The highest BCUT2D eigenvalue weighted by Crippen LogP contribution is 2.42. The van der Waals surface area contributed by atoms with Gasteiger partial charge in [-0.1, -0.05) is 11.6 Å². The molecule has 43 heavy (non-hydrogen) atoms. The van der Waals surface area contributed by atoms with Crippen molar-refractivity contribution >= 4 is 39.1 Å². The lowest BCUT2D eigenvalue weighted by Crippen LogP contribution is -2.21. The van der Waals surface area contributed by atoms with E-state index in [2.05, 4.69) is 15.7 Å². The Balaban J connectivity index is 1.67. The number of carbonyl (C=O) groups is 2. The number of benzene rings is 3. The van der Waals surface area contributed by atoms with Crippen LogP contribution < -0.4 is 10.6 Å². The zero-order chi connectivity index (χ0) is 31.4. The third-order valence-electron chi connectivity index (χ3n) is 6.37. The first-order chi connectivity index (χ1) is 20.1. The van der Waals surface area contributed by atoms with Crippen molar-refractivity contribution in [1.29, 1.82) is 0 Å². The topological polar surface area (TPSA) is 110 Å². The van der Waals surface area contributed by atoms with Gasteiger partial charge >= 0.3 is 22.0 Å². The van der Waals surface area contributed by atoms with Crippen LogP contribution in [0, 0.1) is 11.6 Å². The Hall–Kier alpha value is -4.44. The van der Waals surface area contributed by atoms with Gasteiger partial charge in [-0.3, -0.25) is 9.59 Å². The molecule has 0 bridgehead atoms. The van der Waals surface area contributed by atoms with Gasteiger partial charge in [-0.15, -0.1) is 0 Å². The monoisotopic (exact) mass is 646 g/mol. The van der Waals surface area contributed by atoms with E-state index in [0.717, 1.165) is 24.4 Å². The van der Waals surface area contributed by atoms with Crippen LogP contribution in [-0.2, 0) is 16.2 Å². The van der Waals surface area contributed by atoms with Gasteiger partial charge in [0.15, 0.2) is 0 Å². The summed E-state index contributed by atoms with van der Waals surface area (Å²) in [6.45, 7) is 0. The van der Waals surface area contributed by atoms with E-state index in [1.54, 1.807) is 0 Å². The molecule has 2 amide bonds. The van der Waals surface area contributed by atoms with E-state index in [9.17, 15) is 48.7 Å². The first-order valence-corrected chi connectivity index (χ1v) is 13.6. The van der Waals surface area contributed by atoms with Crippen LogP contribution in [0.1, 0.15) is 43.4 Å². The number of nitrogens with one attached hydrogen (secondary N) is 2. The summed E-state index contributed by atoms with van der Waals surface area (Å²) >= 11 is 6.24. The lowest BCUT2D eigenvalue weighted by molar-refractivity contribution is -0.137. The van der Waals surface area contributed by atoms with Crippen LogP contribution in [0.25, 0.3) is 11.1 Å². The summed E-state index contributed by atoms with van der Waals surface area (Å²) < 4.78 is 118. The summed E-state index contributed by atoms with van der Waals surface area (Å²) in [5, 5.41) is 8.28. The molecule has 1 aliphatic rings. The molecule has 2 heterocycles. The second-order valence-corrected chi connectivity index (χ2v) is 11.3. The predicted molar refractivity (Wildman–Crippen MR) is 138 cm³/mol. The van der Waals surface area contributed by atoms with Crippen LogP contribution in [-0.4, -0.2) is 35.2 Å². The Morgan fingerprint density at radius 1 is 1.02 bits per heavy atom. The second-order valence-electron chi connectivity index (χ2n) is 9.14. The molecular formula is C26H14ClF7N4O4S. The molecule has 1 aromatic heterocycles. The summed E-state index contributed by atoms with van der Waals surface area (Å²) in [4.78, 5) is 26.2. The number of halogens is 8. The lowest BCUT2D eigenvalue weighted by Gasteiger charge is -2.19. The van der Waals surface area contributed by atoms with Crippen LogP contribution >= 0.6 is 11.6 Å². The number of anilines is 1. The summed E-state index contributed by atoms with van der Waals surface area (Å²) in [6, 6.07) is 5.52. The fourth-order valence-corrected chi connectivity index (χ4v) is 5.25. The number of carbonyl (C=O) groups excluding carboxylic acids is 2. The van der Waals surface area contributed by atoms with Gasteiger partial charge in [0.1, 0.15) is 11.6 Å². The molecule has 0 radical (unpaired) electrons. The molecule has 0 spiro atoms. The van der Waals surface area contributed by atoms with E-state index in [0.29, 0.717) is 18.3 Å². The van der Waals surface area contributed by atoms with Crippen molar-refractivity contribution in [2.24, 2.45) is 0 Å². The van der Waals surface area contributed by atoms with E-state index in [4.69, 9.17) is 11.6 Å². The highest BCUT2D eigenvalue weighted by molar-refractivity contribution is 7.90. The summed E-state index contributed by atoms with van der Waals surface area (Å²) in [5.41, 5.74) is -2.77. The molecule has 2 N–H and O–H groups in total. The van der Waals surface area contributed by atoms with E-state index in [1.165, 1.54) is 12.1 Å². The highest BCUT2D eigenvalue weighted by Gasteiger charge is 2.36. The molecule has 0 fully saturated rings. The Morgan fingerprint density at radius 3 is 2.42 bits per heavy atom. The van der Waals surface area contributed by atoms with Crippen LogP contribution in [0.15, 0.2) is 60.9 Å². The van der Waals surface area contributed by atoms with Gasteiger partial charge < -0.3 is 10.6 Å². The molecular weight excluding hydrogens is 633 g/mol. The largest absolute Gasteiger partial charge is 0.416 e. The molecule has 0 unspecified atom stereocenters. The highest BCUT2D eigenvalue weighted by atomic mass is 35.5. The summed E-state index contributed by atoms with van der Waals surface area (Å²) in [7, 11) is -5.18. The molecule has 8 nitrogen and oxygen atoms in total. The van der Waals surface area contributed by atoms with Gasteiger partial charge in [0.2, 0.25) is 0 Å². The van der Waals surface area contributed by atoms with Crippen LogP contribution in [0.2, 0.25) is 5.02 Å². The zero-order valence-electron chi connectivity index (χ0n) is 20.9. The van der Waals surface area contributed by atoms with Crippen molar-refractivity contribution in [1.82, 2.24) is 14.5 Å². The quantitative estimate of drug-likeness (QED) is 0.250. The Morgan fingerprint density at radius 2 is 1.74 bits per heavy atom. The van der Waals surface area contributed by atoms with Crippen molar-refractivity contribution < 1.29 is 48.7 Å². The molecule has 1 aliphatic heterocycles. The SMILES string of the molecule is O=C(Nc1cc(-c2cnn(S(=O)(=O)C(F)F)c2)cc2c1[C@H](c1cc(F)ccc1Cl)NC2=O)c1cc(F)cc(C(F)(F)F)c1. The number of aromatic nitrogens is 2. The number of nitrogens with zero attached hydrogens (tertiary/aromatic N) is 2. The lowest BCUT2D eigenvalue weighted by atomic mass is 9.93. The van der Waals surface area contributed by atoms with Crippen molar-refractivity contribution in [3.8, 4) is 11.1 Å². The molecule has 17 heteroatoms. The fraction of sp³-hybridized carbons (Fsp3) is 0.115. The summed E-state index contributed by atoms with van der Waals surface area (Å²) in [5.74, 6) is -7.95. The van der Waals surface area contributed by atoms with Crippen LogP contribution in [0.3, 0.4) is 0 Å².